The standard InChI is InChI=1S/C19H23N5O/c1-22-9-11-23(12-10-22)18(25)16-13-20-19(21-14-16)24-8-4-6-15-5-2-3-7-17(15)24/h2-3,5,7,13-14H,4,6,8-12H2,1H3. The van der Waals surface area contributed by atoms with Gasteiger partial charge in [0.1, 0.15) is 0 Å². The second-order valence-corrected chi connectivity index (χ2v) is 6.75. The molecule has 0 atom stereocenters. The number of hydrogen-bond acceptors (Lipinski definition) is 5. The largest absolute Gasteiger partial charge is 0.336 e. The number of amides is 1. The number of nitrogens with zero attached hydrogens (tertiary/aromatic N) is 5. The maximum atomic E-state index is 12.6. The van der Waals surface area contributed by atoms with E-state index in [0.29, 0.717) is 11.5 Å². The number of likely N-dealkylation sites (N-methyl/N-ethyl adjacent to an activating group) is 1. The number of aryl methyl sites for hydroxylation is 1. The van der Waals surface area contributed by atoms with Gasteiger partial charge < -0.3 is 14.7 Å². The van der Waals surface area contributed by atoms with Gasteiger partial charge in [0, 0.05) is 50.8 Å². The maximum Gasteiger partial charge on any atom is 0.257 e. The molecule has 4 rings (SSSR count). The first-order valence-corrected chi connectivity index (χ1v) is 8.88. The first-order valence-electron chi connectivity index (χ1n) is 8.88. The molecule has 2 aliphatic heterocycles. The lowest BCUT2D eigenvalue weighted by Gasteiger charge is -2.32. The minimum Gasteiger partial charge on any atom is -0.336 e. The normalized spacial score (nSPS) is 18.1. The molecule has 1 saturated heterocycles. The Hall–Kier alpha value is -2.47. The molecule has 2 aliphatic rings. The summed E-state index contributed by atoms with van der Waals surface area (Å²) in [5.74, 6) is 0.695. The van der Waals surface area contributed by atoms with Crippen LogP contribution < -0.4 is 4.90 Å². The molecule has 1 amide bonds. The number of anilines is 2. The number of piperazine rings is 1. The lowest BCUT2D eigenvalue weighted by molar-refractivity contribution is 0.0663. The maximum absolute atomic E-state index is 12.6. The van der Waals surface area contributed by atoms with Crippen LogP contribution in [-0.2, 0) is 6.42 Å². The Labute approximate surface area is 148 Å². The Morgan fingerprint density at radius 1 is 1.00 bits per heavy atom. The zero-order valence-electron chi connectivity index (χ0n) is 14.6. The van der Waals surface area contributed by atoms with E-state index in [1.807, 2.05) is 11.0 Å². The molecule has 0 spiro atoms. The Balaban J connectivity index is 1.52. The first kappa shape index (κ1) is 16.0. The highest BCUT2D eigenvalue weighted by molar-refractivity contribution is 5.93. The number of rotatable bonds is 2. The average Bonchev–Trinajstić information content (AvgIpc) is 2.68. The van der Waals surface area contributed by atoms with Crippen molar-refractivity contribution in [1.82, 2.24) is 19.8 Å². The summed E-state index contributed by atoms with van der Waals surface area (Å²) in [6.07, 6.45) is 5.51. The highest BCUT2D eigenvalue weighted by atomic mass is 16.2. The van der Waals surface area contributed by atoms with Crippen LogP contribution in [0.2, 0.25) is 0 Å². The molecule has 2 aromatic rings. The molecule has 6 nitrogen and oxygen atoms in total. The van der Waals surface area contributed by atoms with Gasteiger partial charge in [0.15, 0.2) is 0 Å². The van der Waals surface area contributed by atoms with E-state index in [1.165, 1.54) is 11.3 Å². The van der Waals surface area contributed by atoms with Crippen molar-refractivity contribution < 1.29 is 4.79 Å². The molecule has 25 heavy (non-hydrogen) atoms. The number of para-hydroxylation sites is 1. The van der Waals surface area contributed by atoms with E-state index in [2.05, 4.69) is 45.0 Å². The number of carbonyl (C=O) groups is 1. The lowest BCUT2D eigenvalue weighted by atomic mass is 10.0. The van der Waals surface area contributed by atoms with Gasteiger partial charge in [0.05, 0.1) is 5.56 Å². The minimum absolute atomic E-state index is 0.0266. The molecule has 0 unspecified atom stereocenters. The van der Waals surface area contributed by atoms with Crippen molar-refractivity contribution in [3.63, 3.8) is 0 Å². The molecule has 0 saturated carbocycles. The fourth-order valence-corrected chi connectivity index (χ4v) is 3.50. The third-order valence-electron chi connectivity index (χ3n) is 5.03. The molecule has 1 fully saturated rings. The summed E-state index contributed by atoms with van der Waals surface area (Å²) in [7, 11) is 2.08. The van der Waals surface area contributed by atoms with E-state index in [4.69, 9.17) is 0 Å². The Bertz CT molecular complexity index is 753. The molecule has 3 heterocycles. The van der Waals surface area contributed by atoms with Gasteiger partial charge in [-0.2, -0.15) is 0 Å². The summed E-state index contributed by atoms with van der Waals surface area (Å²) in [5, 5.41) is 0. The van der Waals surface area contributed by atoms with E-state index in [1.54, 1.807) is 12.4 Å². The number of benzene rings is 1. The minimum atomic E-state index is 0.0266. The number of carbonyl (C=O) groups excluding carboxylic acids is 1. The quantitative estimate of drug-likeness (QED) is 0.838. The van der Waals surface area contributed by atoms with Crippen molar-refractivity contribution in [2.24, 2.45) is 0 Å². The molecular weight excluding hydrogens is 314 g/mol. The fraction of sp³-hybridized carbons (Fsp3) is 0.421. The van der Waals surface area contributed by atoms with Gasteiger partial charge in [-0.25, -0.2) is 9.97 Å². The van der Waals surface area contributed by atoms with E-state index >= 15 is 0 Å². The second-order valence-electron chi connectivity index (χ2n) is 6.75. The monoisotopic (exact) mass is 337 g/mol. The van der Waals surface area contributed by atoms with Crippen LogP contribution in [0.15, 0.2) is 36.7 Å². The van der Waals surface area contributed by atoms with E-state index in [-0.39, 0.29) is 5.91 Å². The summed E-state index contributed by atoms with van der Waals surface area (Å²) >= 11 is 0. The number of fused-ring (bicyclic) bond motifs is 1. The van der Waals surface area contributed by atoms with Crippen LogP contribution in [0.25, 0.3) is 0 Å². The van der Waals surface area contributed by atoms with Crippen molar-refractivity contribution in [1.29, 1.82) is 0 Å². The van der Waals surface area contributed by atoms with Gasteiger partial charge in [0.25, 0.3) is 5.91 Å². The van der Waals surface area contributed by atoms with Gasteiger partial charge in [-0.1, -0.05) is 18.2 Å². The summed E-state index contributed by atoms with van der Waals surface area (Å²) in [4.78, 5) is 27.8. The Kier molecular flexibility index (Phi) is 4.36. The zero-order valence-corrected chi connectivity index (χ0v) is 14.6. The smallest absolute Gasteiger partial charge is 0.257 e. The fourth-order valence-electron chi connectivity index (χ4n) is 3.50. The first-order chi connectivity index (χ1) is 12.2. The molecule has 0 bridgehead atoms. The van der Waals surface area contributed by atoms with Crippen LogP contribution in [0.5, 0.6) is 0 Å². The van der Waals surface area contributed by atoms with E-state index < -0.39 is 0 Å². The van der Waals surface area contributed by atoms with Crippen LogP contribution in [0, 0.1) is 0 Å². The summed E-state index contributed by atoms with van der Waals surface area (Å²) < 4.78 is 0. The Morgan fingerprint density at radius 3 is 2.48 bits per heavy atom. The Morgan fingerprint density at radius 2 is 1.72 bits per heavy atom. The van der Waals surface area contributed by atoms with Gasteiger partial charge >= 0.3 is 0 Å². The third kappa shape index (κ3) is 3.22. The third-order valence-corrected chi connectivity index (χ3v) is 5.03. The summed E-state index contributed by atoms with van der Waals surface area (Å²) in [5.41, 5.74) is 3.07. The molecule has 6 heteroatoms. The van der Waals surface area contributed by atoms with Crippen LogP contribution in [0.3, 0.4) is 0 Å². The van der Waals surface area contributed by atoms with Gasteiger partial charge in [-0.05, 0) is 31.5 Å². The van der Waals surface area contributed by atoms with E-state index in [9.17, 15) is 4.79 Å². The van der Waals surface area contributed by atoms with Gasteiger partial charge in [-0.3, -0.25) is 4.79 Å². The predicted octanol–water partition coefficient (Wildman–Crippen LogP) is 1.95. The molecular formula is C19H23N5O. The van der Waals surface area contributed by atoms with Crippen molar-refractivity contribution in [3.05, 3.63) is 47.8 Å². The molecule has 1 aromatic carbocycles. The topological polar surface area (TPSA) is 52.6 Å². The summed E-state index contributed by atoms with van der Waals surface area (Å²) in [6, 6.07) is 8.39. The summed E-state index contributed by atoms with van der Waals surface area (Å²) in [6.45, 7) is 4.25. The van der Waals surface area contributed by atoms with Crippen LogP contribution in [-0.4, -0.2) is 65.4 Å². The van der Waals surface area contributed by atoms with Crippen molar-refractivity contribution >= 4 is 17.5 Å². The molecule has 1 aromatic heterocycles. The highest BCUT2D eigenvalue weighted by Crippen LogP contribution is 2.31. The lowest BCUT2D eigenvalue weighted by Crippen LogP contribution is -2.47. The molecule has 0 radical (unpaired) electrons. The van der Waals surface area contributed by atoms with Crippen molar-refractivity contribution in [2.75, 3.05) is 44.7 Å². The molecule has 0 N–H and O–H groups in total. The number of aromatic nitrogens is 2. The predicted molar refractivity (Wildman–Crippen MR) is 97.2 cm³/mol. The van der Waals surface area contributed by atoms with Crippen molar-refractivity contribution in [3.8, 4) is 0 Å². The molecule has 130 valence electrons. The second kappa shape index (κ2) is 6.80. The van der Waals surface area contributed by atoms with E-state index in [0.717, 1.165) is 45.6 Å². The SMILES string of the molecule is CN1CCN(C(=O)c2cnc(N3CCCc4ccccc43)nc2)CC1. The average molecular weight is 337 g/mol. The molecule has 0 aliphatic carbocycles. The van der Waals surface area contributed by atoms with Crippen LogP contribution in [0.4, 0.5) is 11.6 Å². The van der Waals surface area contributed by atoms with Crippen molar-refractivity contribution in [2.45, 2.75) is 12.8 Å². The van der Waals surface area contributed by atoms with Crippen LogP contribution in [0.1, 0.15) is 22.3 Å². The highest BCUT2D eigenvalue weighted by Gasteiger charge is 2.23. The van der Waals surface area contributed by atoms with Crippen LogP contribution >= 0.6 is 0 Å². The van der Waals surface area contributed by atoms with Gasteiger partial charge in [0.2, 0.25) is 5.95 Å². The number of hydrogen-bond donors (Lipinski definition) is 0. The van der Waals surface area contributed by atoms with Gasteiger partial charge in [-0.15, -0.1) is 0 Å². The zero-order chi connectivity index (χ0) is 17.2.